The quantitative estimate of drug-likeness (QED) is 0.878. The van der Waals surface area contributed by atoms with Crippen molar-refractivity contribution >= 4 is 27.5 Å². The van der Waals surface area contributed by atoms with E-state index in [1.165, 1.54) is 0 Å². The van der Waals surface area contributed by atoms with Gasteiger partial charge in [0.25, 0.3) is 0 Å². The summed E-state index contributed by atoms with van der Waals surface area (Å²) in [6.45, 7) is 3.98. The molecule has 2 atom stereocenters. The Labute approximate surface area is 116 Å². The number of hydrogen-bond acceptors (Lipinski definition) is 3. The molecule has 0 aromatic heterocycles. The van der Waals surface area contributed by atoms with Gasteiger partial charge >= 0.3 is 0 Å². The van der Waals surface area contributed by atoms with E-state index in [1.54, 1.807) is 25.3 Å². The Morgan fingerprint density at radius 3 is 2.72 bits per heavy atom. The first-order chi connectivity index (χ1) is 8.49. The van der Waals surface area contributed by atoms with Crippen LogP contribution in [-0.2, 0) is 4.79 Å². The van der Waals surface area contributed by atoms with Gasteiger partial charge in [0.2, 0.25) is 5.91 Å². The second-order valence-electron chi connectivity index (χ2n) is 4.25. The van der Waals surface area contributed by atoms with Gasteiger partial charge in [-0.05, 0) is 40.0 Å². The van der Waals surface area contributed by atoms with Gasteiger partial charge in [-0.25, -0.2) is 0 Å². The lowest BCUT2D eigenvalue weighted by Crippen LogP contribution is -2.40. The molecule has 5 heteroatoms. The minimum atomic E-state index is -0.490. The highest BCUT2D eigenvalue weighted by Crippen LogP contribution is 2.27. The summed E-state index contributed by atoms with van der Waals surface area (Å²) in [5, 5.41) is 2.80. The molecule has 0 fully saturated rings. The number of halogens is 1. The highest BCUT2D eigenvalue weighted by Gasteiger charge is 2.19. The number of nitrogens with one attached hydrogen (secondary N) is 1. The molecular weight excluding hydrogens is 296 g/mol. The molecule has 0 heterocycles. The van der Waals surface area contributed by atoms with E-state index >= 15 is 0 Å². The molecule has 18 heavy (non-hydrogen) atoms. The molecule has 0 saturated carbocycles. The van der Waals surface area contributed by atoms with Crippen LogP contribution >= 0.6 is 15.9 Å². The standard InChI is InChI=1S/C13H19BrN2O2/c1-4-8(2)12(15)13(17)16-9-5-6-11(18-3)10(14)7-9/h5-8,12H,4,15H2,1-3H3,(H,16,17)/t8?,12-/m0/s1. The highest BCUT2D eigenvalue weighted by molar-refractivity contribution is 9.10. The molecule has 0 aliphatic heterocycles. The van der Waals surface area contributed by atoms with Crippen molar-refractivity contribution in [2.45, 2.75) is 26.3 Å². The van der Waals surface area contributed by atoms with Crippen molar-refractivity contribution in [2.75, 3.05) is 12.4 Å². The van der Waals surface area contributed by atoms with E-state index in [9.17, 15) is 4.79 Å². The first kappa shape index (κ1) is 15.0. The van der Waals surface area contributed by atoms with Crippen LogP contribution in [0.1, 0.15) is 20.3 Å². The predicted molar refractivity (Wildman–Crippen MR) is 76.8 cm³/mol. The van der Waals surface area contributed by atoms with Crippen molar-refractivity contribution in [3.05, 3.63) is 22.7 Å². The molecule has 0 spiro atoms. The minimum Gasteiger partial charge on any atom is -0.496 e. The normalized spacial score (nSPS) is 13.8. The van der Waals surface area contributed by atoms with E-state index in [1.807, 2.05) is 13.8 Å². The molecule has 1 rings (SSSR count). The summed E-state index contributed by atoms with van der Waals surface area (Å²) in [7, 11) is 1.59. The van der Waals surface area contributed by atoms with Gasteiger partial charge in [-0.15, -0.1) is 0 Å². The van der Waals surface area contributed by atoms with Gasteiger partial charge in [-0.1, -0.05) is 20.3 Å². The average molecular weight is 315 g/mol. The highest BCUT2D eigenvalue weighted by atomic mass is 79.9. The fourth-order valence-electron chi connectivity index (χ4n) is 1.48. The fraction of sp³-hybridized carbons (Fsp3) is 0.462. The van der Waals surface area contributed by atoms with Crippen LogP contribution in [0.4, 0.5) is 5.69 Å². The van der Waals surface area contributed by atoms with Gasteiger partial charge in [0.1, 0.15) is 5.75 Å². The molecule has 0 aliphatic carbocycles. The molecule has 0 saturated heterocycles. The van der Waals surface area contributed by atoms with E-state index < -0.39 is 6.04 Å². The number of anilines is 1. The molecule has 3 N–H and O–H groups in total. The molecule has 100 valence electrons. The van der Waals surface area contributed by atoms with Crippen molar-refractivity contribution in [3.63, 3.8) is 0 Å². The Bertz CT molecular complexity index is 423. The Kier molecular flexibility index (Phi) is 5.62. The monoisotopic (exact) mass is 314 g/mol. The van der Waals surface area contributed by atoms with E-state index in [4.69, 9.17) is 10.5 Å². The van der Waals surface area contributed by atoms with Crippen LogP contribution in [0.3, 0.4) is 0 Å². The molecular formula is C13H19BrN2O2. The van der Waals surface area contributed by atoms with Gasteiger partial charge in [0.15, 0.2) is 0 Å². The average Bonchev–Trinajstić information content (AvgIpc) is 2.37. The Morgan fingerprint density at radius 1 is 1.56 bits per heavy atom. The van der Waals surface area contributed by atoms with Crippen LogP contribution in [0.25, 0.3) is 0 Å². The molecule has 1 unspecified atom stereocenters. The molecule has 0 aliphatic rings. The maximum atomic E-state index is 11.9. The number of methoxy groups -OCH3 is 1. The van der Waals surface area contributed by atoms with Crippen molar-refractivity contribution in [3.8, 4) is 5.75 Å². The molecule has 1 amide bonds. The summed E-state index contributed by atoms with van der Waals surface area (Å²) in [5.41, 5.74) is 6.57. The van der Waals surface area contributed by atoms with Crippen molar-refractivity contribution in [1.29, 1.82) is 0 Å². The summed E-state index contributed by atoms with van der Waals surface area (Å²) in [4.78, 5) is 11.9. The number of nitrogens with two attached hydrogens (primary N) is 1. The van der Waals surface area contributed by atoms with Crippen molar-refractivity contribution in [1.82, 2.24) is 0 Å². The number of benzene rings is 1. The van der Waals surface area contributed by atoms with Gasteiger partial charge in [0, 0.05) is 5.69 Å². The summed E-state index contributed by atoms with van der Waals surface area (Å²) in [5.74, 6) is 0.715. The largest absolute Gasteiger partial charge is 0.496 e. The first-order valence-corrected chi connectivity index (χ1v) is 6.68. The van der Waals surface area contributed by atoms with E-state index in [0.717, 1.165) is 16.6 Å². The van der Waals surface area contributed by atoms with Gasteiger partial charge in [-0.3, -0.25) is 4.79 Å². The maximum Gasteiger partial charge on any atom is 0.241 e. The van der Waals surface area contributed by atoms with Crippen LogP contribution < -0.4 is 15.8 Å². The van der Waals surface area contributed by atoms with Crippen LogP contribution in [0.2, 0.25) is 0 Å². The number of carbonyl (C=O) groups excluding carboxylic acids is 1. The van der Waals surface area contributed by atoms with Crippen molar-refractivity contribution in [2.24, 2.45) is 11.7 Å². The van der Waals surface area contributed by atoms with E-state index in [0.29, 0.717) is 5.69 Å². The predicted octanol–water partition coefficient (Wildman–Crippen LogP) is 2.77. The van der Waals surface area contributed by atoms with Crippen LogP contribution in [-0.4, -0.2) is 19.1 Å². The number of carbonyl (C=O) groups is 1. The van der Waals surface area contributed by atoms with Crippen molar-refractivity contribution < 1.29 is 9.53 Å². The van der Waals surface area contributed by atoms with Crippen LogP contribution in [0.15, 0.2) is 22.7 Å². The van der Waals surface area contributed by atoms with Crippen LogP contribution in [0, 0.1) is 5.92 Å². The number of amides is 1. The second kappa shape index (κ2) is 6.75. The topological polar surface area (TPSA) is 64.4 Å². The third kappa shape index (κ3) is 3.71. The SMILES string of the molecule is CCC(C)[C@H](N)C(=O)Nc1ccc(OC)c(Br)c1. The van der Waals surface area contributed by atoms with E-state index in [-0.39, 0.29) is 11.8 Å². The first-order valence-electron chi connectivity index (χ1n) is 5.89. The van der Waals surface area contributed by atoms with Gasteiger partial charge in [0.05, 0.1) is 17.6 Å². The number of rotatable bonds is 5. The lowest BCUT2D eigenvalue weighted by atomic mass is 9.99. The second-order valence-corrected chi connectivity index (χ2v) is 5.10. The molecule has 4 nitrogen and oxygen atoms in total. The number of hydrogen-bond donors (Lipinski definition) is 2. The minimum absolute atomic E-state index is 0.159. The molecule has 0 bridgehead atoms. The van der Waals surface area contributed by atoms with Gasteiger partial charge < -0.3 is 15.8 Å². The van der Waals surface area contributed by atoms with E-state index in [2.05, 4.69) is 21.2 Å². The zero-order chi connectivity index (χ0) is 13.7. The smallest absolute Gasteiger partial charge is 0.241 e. The maximum absolute atomic E-state index is 11.9. The Balaban J connectivity index is 2.73. The molecule has 0 radical (unpaired) electrons. The molecule has 1 aromatic carbocycles. The molecule has 1 aromatic rings. The van der Waals surface area contributed by atoms with Crippen LogP contribution in [0.5, 0.6) is 5.75 Å². The summed E-state index contributed by atoms with van der Waals surface area (Å²) in [6.07, 6.45) is 0.876. The Hall–Kier alpha value is -1.07. The fourth-order valence-corrected chi connectivity index (χ4v) is 2.02. The van der Waals surface area contributed by atoms with Gasteiger partial charge in [-0.2, -0.15) is 0 Å². The zero-order valence-corrected chi connectivity index (χ0v) is 12.5. The third-order valence-corrected chi connectivity index (χ3v) is 3.60. The summed E-state index contributed by atoms with van der Waals surface area (Å²) >= 11 is 3.37. The zero-order valence-electron chi connectivity index (χ0n) is 10.9. The lowest BCUT2D eigenvalue weighted by Gasteiger charge is -2.18. The Morgan fingerprint density at radius 2 is 2.22 bits per heavy atom. The summed E-state index contributed by atoms with van der Waals surface area (Å²) < 4.78 is 5.92. The third-order valence-electron chi connectivity index (χ3n) is 2.98. The number of ether oxygens (including phenoxy) is 1. The summed E-state index contributed by atoms with van der Waals surface area (Å²) in [6, 6.07) is 4.87. The lowest BCUT2D eigenvalue weighted by molar-refractivity contribution is -0.118.